The first-order valence-electron chi connectivity index (χ1n) is 10.3. The molecule has 1 aliphatic rings. The van der Waals surface area contributed by atoms with Gasteiger partial charge >= 0.3 is 0 Å². The highest BCUT2D eigenvalue weighted by Crippen LogP contribution is 2.40. The van der Waals surface area contributed by atoms with Crippen LogP contribution in [0.3, 0.4) is 0 Å². The maximum atomic E-state index is 12.1. The molecule has 3 heterocycles. The van der Waals surface area contributed by atoms with Gasteiger partial charge in [0, 0.05) is 17.2 Å². The van der Waals surface area contributed by atoms with Gasteiger partial charge in [0.2, 0.25) is 11.8 Å². The Kier molecular flexibility index (Phi) is 5.97. The van der Waals surface area contributed by atoms with E-state index >= 15 is 0 Å². The van der Waals surface area contributed by atoms with Crippen LogP contribution in [-0.2, 0) is 22.4 Å². The lowest BCUT2D eigenvalue weighted by Crippen LogP contribution is -2.42. The minimum atomic E-state index is -0.291. The van der Waals surface area contributed by atoms with Crippen molar-refractivity contribution in [1.82, 2.24) is 30.4 Å². The van der Waals surface area contributed by atoms with E-state index in [1.165, 1.54) is 28.6 Å². The van der Waals surface area contributed by atoms with Crippen molar-refractivity contribution in [3.8, 4) is 0 Å². The van der Waals surface area contributed by atoms with E-state index < -0.39 is 0 Å². The number of carbonyl (C=O) groups excluding carboxylic acids is 2. The number of nitrogens with zero attached hydrogens (tertiary/aromatic N) is 4. The van der Waals surface area contributed by atoms with Gasteiger partial charge in [0.25, 0.3) is 0 Å². The summed E-state index contributed by atoms with van der Waals surface area (Å²) in [6.07, 6.45) is 3.63. The summed E-state index contributed by atoms with van der Waals surface area (Å²) >= 11 is 3.08. The lowest BCUT2D eigenvalue weighted by molar-refractivity contribution is -0.127. The molecule has 3 aromatic rings. The van der Waals surface area contributed by atoms with Crippen LogP contribution in [0.5, 0.6) is 0 Å². The molecule has 4 rings (SSSR count). The number of thioether (sulfide) groups is 1. The number of carbonyl (C=O) groups is 2. The number of amides is 2. The number of rotatable bonds is 5. The Morgan fingerprint density at radius 2 is 2.03 bits per heavy atom. The molecular formula is C20H26N6O2S2. The van der Waals surface area contributed by atoms with Gasteiger partial charge in [0.05, 0.1) is 11.1 Å². The van der Waals surface area contributed by atoms with E-state index in [0.717, 1.165) is 34.5 Å². The van der Waals surface area contributed by atoms with E-state index in [0.29, 0.717) is 17.5 Å². The topological polar surface area (TPSA) is 101 Å². The molecule has 1 aliphatic carbocycles. The van der Waals surface area contributed by atoms with Crippen molar-refractivity contribution in [2.75, 3.05) is 5.75 Å². The van der Waals surface area contributed by atoms with Crippen molar-refractivity contribution in [2.24, 2.45) is 5.92 Å². The number of hydrogen-bond donors (Lipinski definition) is 2. The molecule has 0 radical (unpaired) electrons. The summed E-state index contributed by atoms with van der Waals surface area (Å²) in [5.74, 6) is 1.38. The van der Waals surface area contributed by atoms with Gasteiger partial charge in [0.1, 0.15) is 10.7 Å². The molecule has 2 N–H and O–H groups in total. The maximum absolute atomic E-state index is 12.1. The number of aryl methyl sites for hydroxylation is 1. The molecule has 30 heavy (non-hydrogen) atoms. The summed E-state index contributed by atoms with van der Waals surface area (Å²) in [5.41, 5.74) is 7.00. The first kappa shape index (κ1) is 21.0. The molecule has 0 bridgehead atoms. The van der Waals surface area contributed by atoms with Crippen LogP contribution in [0, 0.1) is 5.92 Å². The second kappa shape index (κ2) is 8.50. The minimum Gasteiger partial charge on any atom is -0.273 e. The molecule has 3 aromatic heterocycles. The Balaban J connectivity index is 1.69. The fourth-order valence-electron chi connectivity index (χ4n) is 3.71. The van der Waals surface area contributed by atoms with Crippen molar-refractivity contribution < 1.29 is 9.59 Å². The first-order chi connectivity index (χ1) is 14.4. The number of hydrazine groups is 1. The van der Waals surface area contributed by atoms with Crippen LogP contribution in [0.15, 0.2) is 5.16 Å². The second-order valence-corrected chi connectivity index (χ2v) is 10.1. The van der Waals surface area contributed by atoms with Crippen LogP contribution in [0.4, 0.5) is 0 Å². The molecule has 0 aliphatic heterocycles. The number of aromatic nitrogens is 4. The monoisotopic (exact) mass is 446 g/mol. The van der Waals surface area contributed by atoms with Crippen LogP contribution in [0.25, 0.3) is 15.9 Å². The van der Waals surface area contributed by atoms with Gasteiger partial charge in [-0.3, -0.25) is 24.8 Å². The summed E-state index contributed by atoms with van der Waals surface area (Å²) in [6, 6.07) is 0. The smallest absolute Gasteiger partial charge is 0.248 e. The molecule has 160 valence electrons. The number of hydrogen-bond acceptors (Lipinski definition) is 7. The van der Waals surface area contributed by atoms with Crippen LogP contribution < -0.4 is 10.9 Å². The summed E-state index contributed by atoms with van der Waals surface area (Å²) < 4.78 is 2.00. The quantitative estimate of drug-likeness (QED) is 0.461. The molecule has 1 unspecified atom stereocenters. The molecular weight excluding hydrogens is 420 g/mol. The van der Waals surface area contributed by atoms with Crippen LogP contribution >= 0.6 is 23.1 Å². The zero-order valence-electron chi connectivity index (χ0n) is 17.6. The molecule has 2 amide bonds. The lowest BCUT2D eigenvalue weighted by Gasteiger charge is -2.17. The standard InChI is InChI=1S/C20H26N6O2S2/c1-5-14(27)22-23-15(28)9-29-20-25-24-18-16-12-7-6-11(4)8-13(12)30-19(16)21-17(10(2)3)26(18)20/h10-11H,5-9H2,1-4H3,(H,22,27)(H,23,28). The minimum absolute atomic E-state index is 0.125. The van der Waals surface area contributed by atoms with Crippen molar-refractivity contribution >= 4 is 50.8 Å². The number of fused-ring (bicyclic) bond motifs is 5. The SMILES string of the molecule is CCC(=O)NNC(=O)CSc1nnc2c3c4c(sc3nc(C(C)C)n12)CC(C)CC4. The van der Waals surface area contributed by atoms with E-state index in [1.54, 1.807) is 18.3 Å². The Hall–Kier alpha value is -2.20. The van der Waals surface area contributed by atoms with Crippen molar-refractivity contribution in [1.29, 1.82) is 0 Å². The predicted octanol–water partition coefficient (Wildman–Crippen LogP) is 3.24. The molecule has 0 saturated carbocycles. The van der Waals surface area contributed by atoms with E-state index in [2.05, 4.69) is 41.8 Å². The van der Waals surface area contributed by atoms with Crippen molar-refractivity contribution in [2.45, 2.75) is 64.5 Å². The fourth-order valence-corrected chi connectivity index (χ4v) is 5.84. The summed E-state index contributed by atoms with van der Waals surface area (Å²) in [5, 5.41) is 10.7. The van der Waals surface area contributed by atoms with Gasteiger partial charge < -0.3 is 0 Å². The van der Waals surface area contributed by atoms with Crippen LogP contribution in [-0.4, -0.2) is 37.1 Å². The largest absolute Gasteiger partial charge is 0.273 e. The molecule has 1 atom stereocenters. The Morgan fingerprint density at radius 3 is 2.77 bits per heavy atom. The van der Waals surface area contributed by atoms with Gasteiger partial charge in [0.15, 0.2) is 10.8 Å². The van der Waals surface area contributed by atoms with Gasteiger partial charge in [-0.2, -0.15) is 0 Å². The molecule has 0 fully saturated rings. The third kappa shape index (κ3) is 3.90. The molecule has 0 saturated heterocycles. The number of nitrogens with one attached hydrogen (secondary N) is 2. The number of thiophene rings is 1. The van der Waals surface area contributed by atoms with Gasteiger partial charge in [-0.15, -0.1) is 21.5 Å². The van der Waals surface area contributed by atoms with Gasteiger partial charge in [-0.05, 0) is 30.7 Å². The maximum Gasteiger partial charge on any atom is 0.248 e. The van der Waals surface area contributed by atoms with E-state index in [1.807, 2.05) is 4.40 Å². The Labute approximate surface area is 183 Å². The normalized spacial score (nSPS) is 16.2. The molecule has 10 heteroatoms. The van der Waals surface area contributed by atoms with Crippen molar-refractivity contribution in [3.05, 3.63) is 16.3 Å². The Bertz CT molecular complexity index is 1120. The average Bonchev–Trinajstić information content (AvgIpc) is 3.29. The highest BCUT2D eigenvalue weighted by Gasteiger charge is 2.26. The highest BCUT2D eigenvalue weighted by molar-refractivity contribution is 7.99. The van der Waals surface area contributed by atoms with Crippen molar-refractivity contribution in [3.63, 3.8) is 0 Å². The van der Waals surface area contributed by atoms with E-state index in [-0.39, 0.29) is 23.5 Å². The van der Waals surface area contributed by atoms with E-state index in [4.69, 9.17) is 4.98 Å². The summed E-state index contributed by atoms with van der Waals surface area (Å²) in [7, 11) is 0. The van der Waals surface area contributed by atoms with Gasteiger partial charge in [-0.25, -0.2) is 4.98 Å². The summed E-state index contributed by atoms with van der Waals surface area (Å²) in [6.45, 7) is 8.23. The predicted molar refractivity (Wildman–Crippen MR) is 119 cm³/mol. The van der Waals surface area contributed by atoms with Crippen LogP contribution in [0.2, 0.25) is 0 Å². The Morgan fingerprint density at radius 1 is 1.27 bits per heavy atom. The molecule has 0 spiro atoms. The first-order valence-corrected chi connectivity index (χ1v) is 12.1. The van der Waals surface area contributed by atoms with Gasteiger partial charge in [-0.1, -0.05) is 39.5 Å². The molecule has 8 nitrogen and oxygen atoms in total. The third-order valence-corrected chi connectivity index (χ3v) is 7.38. The zero-order chi connectivity index (χ0) is 21.4. The highest BCUT2D eigenvalue weighted by atomic mass is 32.2. The third-order valence-electron chi connectivity index (χ3n) is 5.31. The zero-order valence-corrected chi connectivity index (χ0v) is 19.2. The van der Waals surface area contributed by atoms with E-state index in [9.17, 15) is 9.59 Å². The summed E-state index contributed by atoms with van der Waals surface area (Å²) in [4.78, 5) is 30.9. The van der Waals surface area contributed by atoms with Crippen LogP contribution in [0.1, 0.15) is 62.7 Å². The lowest BCUT2D eigenvalue weighted by atomic mass is 9.89. The average molecular weight is 447 g/mol. The molecule has 0 aromatic carbocycles. The fraction of sp³-hybridized carbons (Fsp3) is 0.550. The second-order valence-electron chi connectivity index (χ2n) is 8.04.